The average Bonchev–Trinajstić information content (AvgIpc) is 2.68. The van der Waals surface area contributed by atoms with Gasteiger partial charge in [-0.15, -0.1) is 0 Å². The highest BCUT2D eigenvalue weighted by Gasteiger charge is 2.35. The van der Waals surface area contributed by atoms with Crippen molar-refractivity contribution in [2.45, 2.75) is 17.8 Å². The van der Waals surface area contributed by atoms with Crippen molar-refractivity contribution >= 4 is 74.9 Å². The quantitative estimate of drug-likeness (QED) is 0.530. The minimum absolute atomic E-state index is 0.0515. The highest BCUT2D eigenvalue weighted by molar-refractivity contribution is 8.15. The Balaban J connectivity index is 1.84. The van der Waals surface area contributed by atoms with E-state index in [1.807, 2.05) is 0 Å². The molecule has 1 fully saturated rings. The van der Waals surface area contributed by atoms with Gasteiger partial charge >= 0.3 is 6.18 Å². The first-order chi connectivity index (χ1) is 14.5. The molecule has 5 nitrogen and oxygen atoms in total. The van der Waals surface area contributed by atoms with Crippen molar-refractivity contribution in [3.63, 3.8) is 0 Å². The zero-order valence-electron chi connectivity index (χ0n) is 15.6. The third-order valence-electron chi connectivity index (χ3n) is 4.23. The van der Waals surface area contributed by atoms with Gasteiger partial charge in [-0.25, -0.2) is 4.99 Å². The second-order valence-electron chi connectivity index (χ2n) is 6.44. The molecule has 12 heteroatoms. The summed E-state index contributed by atoms with van der Waals surface area (Å²) in [6.07, 6.45) is -4.77. The Bertz CT molecular complexity index is 1080. The molecule has 164 valence electrons. The number of hydrogen-bond donors (Lipinski definition) is 1. The maximum Gasteiger partial charge on any atom is 0.417 e. The zero-order valence-corrected chi connectivity index (χ0v) is 18.7. The Morgan fingerprint density at radius 2 is 1.81 bits per heavy atom. The van der Waals surface area contributed by atoms with E-state index in [0.29, 0.717) is 10.7 Å². The first-order valence-corrected chi connectivity index (χ1v) is 10.6. The summed E-state index contributed by atoms with van der Waals surface area (Å²) in [5.41, 5.74) is -0.707. The molecule has 0 saturated carbocycles. The predicted molar refractivity (Wildman–Crippen MR) is 117 cm³/mol. The monoisotopic (exact) mass is 509 g/mol. The highest BCUT2D eigenvalue weighted by Crippen LogP contribution is 2.37. The van der Waals surface area contributed by atoms with Crippen LogP contribution in [0.15, 0.2) is 41.4 Å². The van der Waals surface area contributed by atoms with Gasteiger partial charge in [-0.3, -0.25) is 14.5 Å². The molecule has 1 aliphatic heterocycles. The zero-order chi connectivity index (χ0) is 22.9. The number of anilines is 1. The lowest BCUT2D eigenvalue weighted by atomic mass is 10.2. The van der Waals surface area contributed by atoms with E-state index < -0.39 is 33.8 Å². The summed E-state index contributed by atoms with van der Waals surface area (Å²) in [6, 6.07) is 7.68. The molecule has 1 saturated heterocycles. The molecule has 3 rings (SSSR count). The number of nitrogens with one attached hydrogen (secondary N) is 1. The van der Waals surface area contributed by atoms with Crippen molar-refractivity contribution in [2.24, 2.45) is 4.99 Å². The van der Waals surface area contributed by atoms with E-state index in [4.69, 9.17) is 34.8 Å². The van der Waals surface area contributed by atoms with Crippen LogP contribution in [0.3, 0.4) is 0 Å². The Hall–Kier alpha value is -1.94. The number of aliphatic imine (C=N–C) groups is 1. The number of amides is 2. The van der Waals surface area contributed by atoms with Gasteiger partial charge in [-0.1, -0.05) is 46.6 Å². The van der Waals surface area contributed by atoms with Crippen molar-refractivity contribution in [1.82, 2.24) is 4.90 Å². The molecule has 1 heterocycles. The molecule has 0 radical (unpaired) electrons. The van der Waals surface area contributed by atoms with Crippen LogP contribution in [0.2, 0.25) is 15.1 Å². The maximum absolute atomic E-state index is 13.1. The number of carbonyl (C=O) groups is 2. The van der Waals surface area contributed by atoms with E-state index in [9.17, 15) is 22.8 Å². The second kappa shape index (κ2) is 9.28. The number of rotatable bonds is 3. The van der Waals surface area contributed by atoms with E-state index in [1.54, 1.807) is 6.07 Å². The molecule has 1 N–H and O–H groups in total. The lowest BCUT2D eigenvalue weighted by Gasteiger charge is -2.29. The Kier molecular flexibility index (Phi) is 7.10. The number of nitrogens with zero attached hydrogens (tertiary/aromatic N) is 2. The van der Waals surface area contributed by atoms with Gasteiger partial charge < -0.3 is 5.32 Å². The van der Waals surface area contributed by atoms with Gasteiger partial charge in [0.05, 0.1) is 26.3 Å². The van der Waals surface area contributed by atoms with E-state index >= 15 is 0 Å². The molecule has 0 aliphatic carbocycles. The van der Waals surface area contributed by atoms with Crippen LogP contribution in [0.4, 0.5) is 24.5 Å². The largest absolute Gasteiger partial charge is 0.417 e. The normalized spacial score (nSPS) is 18.4. The third kappa shape index (κ3) is 5.65. The van der Waals surface area contributed by atoms with Crippen molar-refractivity contribution in [2.75, 3.05) is 12.4 Å². The predicted octanol–water partition coefficient (Wildman–Crippen LogP) is 6.26. The fraction of sp³-hybridized carbons (Fsp3) is 0.211. The summed E-state index contributed by atoms with van der Waals surface area (Å²) in [7, 11) is 1.43. The lowest BCUT2D eigenvalue weighted by molar-refractivity contribution is -0.137. The smallest absolute Gasteiger partial charge is 0.325 e. The average molecular weight is 511 g/mol. The van der Waals surface area contributed by atoms with E-state index in [2.05, 4.69) is 10.3 Å². The van der Waals surface area contributed by atoms with Crippen LogP contribution < -0.4 is 5.32 Å². The van der Waals surface area contributed by atoms with E-state index in [1.165, 1.54) is 30.1 Å². The van der Waals surface area contributed by atoms with Crippen molar-refractivity contribution in [3.8, 4) is 0 Å². The fourth-order valence-corrected chi connectivity index (χ4v) is 4.19. The molecule has 0 aromatic heterocycles. The topological polar surface area (TPSA) is 61.8 Å². The summed E-state index contributed by atoms with van der Waals surface area (Å²) in [5, 5.41) is 1.99. The van der Waals surface area contributed by atoms with E-state index in [-0.39, 0.29) is 22.3 Å². The van der Waals surface area contributed by atoms with Crippen LogP contribution in [0.1, 0.15) is 12.0 Å². The summed E-state index contributed by atoms with van der Waals surface area (Å²) < 4.78 is 39.3. The fourth-order valence-electron chi connectivity index (χ4n) is 2.60. The van der Waals surface area contributed by atoms with Crippen LogP contribution >= 0.6 is 46.6 Å². The standard InChI is InChI=1S/C19H13Cl3F3N3O2S/c1-28-16(29)8-15(17(30)26-10-3-5-13(21)14(22)7-10)31-18(28)27-9-2-4-12(20)11(6-9)19(23,24)25/h2-7,15H,8H2,1H3,(H,26,30)/t15-/m0/s1. The van der Waals surface area contributed by atoms with Crippen LogP contribution in [-0.2, 0) is 15.8 Å². The number of thioether (sulfide) groups is 1. The second-order valence-corrected chi connectivity index (χ2v) is 8.83. The third-order valence-corrected chi connectivity index (χ3v) is 6.54. The number of halogens is 6. The van der Waals surface area contributed by atoms with Gasteiger partial charge in [0.25, 0.3) is 0 Å². The molecule has 31 heavy (non-hydrogen) atoms. The lowest BCUT2D eigenvalue weighted by Crippen LogP contribution is -2.43. The molecule has 2 aromatic carbocycles. The highest BCUT2D eigenvalue weighted by atomic mass is 35.5. The van der Waals surface area contributed by atoms with Gasteiger partial charge in [-0.05, 0) is 36.4 Å². The Morgan fingerprint density at radius 1 is 1.13 bits per heavy atom. The van der Waals surface area contributed by atoms with Crippen LogP contribution in [0.5, 0.6) is 0 Å². The van der Waals surface area contributed by atoms with E-state index in [0.717, 1.165) is 23.9 Å². The number of amidine groups is 1. The molecule has 0 spiro atoms. The maximum atomic E-state index is 13.1. The minimum atomic E-state index is -4.66. The van der Waals surface area contributed by atoms with Gasteiger partial charge in [0, 0.05) is 19.2 Å². The number of hydrogen-bond acceptors (Lipinski definition) is 4. The number of carbonyl (C=O) groups excluding carboxylic acids is 2. The van der Waals surface area contributed by atoms with Crippen molar-refractivity contribution in [3.05, 3.63) is 57.0 Å². The Labute approximate surface area is 194 Å². The first-order valence-electron chi connectivity index (χ1n) is 8.60. The van der Waals surface area contributed by atoms with Gasteiger partial charge in [-0.2, -0.15) is 13.2 Å². The molecule has 2 amide bonds. The minimum Gasteiger partial charge on any atom is -0.325 e. The summed E-state index contributed by atoms with van der Waals surface area (Å²) in [5.74, 6) is -0.888. The van der Waals surface area contributed by atoms with Crippen LogP contribution in [-0.4, -0.2) is 34.2 Å². The summed E-state index contributed by atoms with van der Waals surface area (Å²) in [6.45, 7) is 0. The van der Waals surface area contributed by atoms with Gasteiger partial charge in [0.15, 0.2) is 5.17 Å². The molecule has 1 aliphatic rings. The molecular weight excluding hydrogens is 498 g/mol. The first kappa shape index (κ1) is 23.7. The number of alkyl halides is 3. The molecule has 2 aromatic rings. The van der Waals surface area contributed by atoms with Crippen LogP contribution in [0, 0.1) is 0 Å². The van der Waals surface area contributed by atoms with Gasteiger partial charge in [0.1, 0.15) is 5.25 Å². The molecule has 1 atom stereocenters. The summed E-state index contributed by atoms with van der Waals surface area (Å²) in [4.78, 5) is 30.3. The molecule has 0 unspecified atom stereocenters. The number of benzene rings is 2. The van der Waals surface area contributed by atoms with Crippen molar-refractivity contribution < 1.29 is 22.8 Å². The SMILES string of the molecule is CN1C(=O)C[C@@H](C(=O)Nc2ccc(Cl)c(Cl)c2)SC1=Nc1ccc(Cl)c(C(F)(F)F)c1. The van der Waals surface area contributed by atoms with Crippen LogP contribution in [0.25, 0.3) is 0 Å². The molecule has 0 bridgehead atoms. The summed E-state index contributed by atoms with van der Waals surface area (Å²) >= 11 is 18.4. The van der Waals surface area contributed by atoms with Gasteiger partial charge in [0.2, 0.25) is 11.8 Å². The Morgan fingerprint density at radius 3 is 2.45 bits per heavy atom. The molecular formula is C19H13Cl3F3N3O2S. The van der Waals surface area contributed by atoms with Crippen molar-refractivity contribution in [1.29, 1.82) is 0 Å².